The molecule has 0 radical (unpaired) electrons. The molecular formula is C25H16Cl3NO6. The summed E-state index contributed by atoms with van der Waals surface area (Å²) in [5.41, 5.74) is -0.112. The summed E-state index contributed by atoms with van der Waals surface area (Å²) in [6.45, 7) is 0. The number of nitro groups is 1. The lowest BCUT2D eigenvalue weighted by atomic mass is 10.3. The number of benzene rings is 4. The van der Waals surface area contributed by atoms with Gasteiger partial charge >= 0.3 is 6.16 Å². The predicted octanol–water partition coefficient (Wildman–Crippen LogP) is 7.78. The van der Waals surface area contributed by atoms with E-state index in [0.29, 0.717) is 32.3 Å². The van der Waals surface area contributed by atoms with E-state index >= 15 is 0 Å². The van der Waals surface area contributed by atoms with Crippen molar-refractivity contribution in [1.82, 2.24) is 0 Å². The Morgan fingerprint density at radius 2 is 0.771 bits per heavy atom. The maximum absolute atomic E-state index is 11.1. The molecule has 0 heterocycles. The molecule has 0 unspecified atom stereocenters. The van der Waals surface area contributed by atoms with Gasteiger partial charge in [0.1, 0.15) is 23.0 Å². The molecule has 0 saturated heterocycles. The summed E-state index contributed by atoms with van der Waals surface area (Å²) in [6, 6.07) is 24.7. The second kappa shape index (κ2) is 10.7. The van der Waals surface area contributed by atoms with Crippen molar-refractivity contribution in [3.05, 3.63) is 122 Å². The first kappa shape index (κ1) is 24.5. The summed E-state index contributed by atoms with van der Waals surface area (Å²) in [4.78, 5) is 10.5. The Kier molecular flexibility index (Phi) is 7.51. The van der Waals surface area contributed by atoms with Gasteiger partial charge in [-0.3, -0.25) is 10.1 Å². The van der Waals surface area contributed by atoms with E-state index in [2.05, 4.69) is 0 Å². The van der Waals surface area contributed by atoms with Crippen LogP contribution in [0.15, 0.2) is 97.1 Å². The molecule has 0 atom stereocenters. The molecule has 0 N–H and O–H groups in total. The molecule has 4 aromatic rings. The number of halogens is 3. The van der Waals surface area contributed by atoms with E-state index in [1.165, 1.54) is 24.3 Å². The number of rotatable bonds is 9. The lowest BCUT2D eigenvalue weighted by Crippen LogP contribution is -2.53. The molecule has 4 rings (SSSR count). The minimum absolute atomic E-state index is 0.112. The van der Waals surface area contributed by atoms with Gasteiger partial charge in [0.15, 0.2) is 0 Å². The second-order valence-corrected chi connectivity index (χ2v) is 8.33. The molecule has 10 heteroatoms. The Bertz CT molecular complexity index is 1170. The maximum atomic E-state index is 11.1. The van der Waals surface area contributed by atoms with Gasteiger partial charge in [0.05, 0.1) is 4.92 Å². The third-order valence-corrected chi connectivity index (χ3v) is 5.22. The minimum atomic E-state index is -2.22. The molecule has 4 aromatic carbocycles. The highest BCUT2D eigenvalue weighted by atomic mass is 35.5. The average Bonchev–Trinajstić information content (AvgIpc) is 2.84. The maximum Gasteiger partial charge on any atom is 0.611 e. The van der Waals surface area contributed by atoms with Crippen molar-refractivity contribution in [2.45, 2.75) is 6.16 Å². The zero-order chi connectivity index (χ0) is 24.8. The number of hydrogen-bond donors (Lipinski definition) is 0. The first-order valence-electron chi connectivity index (χ1n) is 10.1. The fourth-order valence-corrected chi connectivity index (χ4v) is 3.22. The van der Waals surface area contributed by atoms with Gasteiger partial charge in [0.25, 0.3) is 5.69 Å². The van der Waals surface area contributed by atoms with Gasteiger partial charge < -0.3 is 18.9 Å². The van der Waals surface area contributed by atoms with E-state index in [1.54, 1.807) is 72.8 Å². The Morgan fingerprint density at radius 1 is 0.514 bits per heavy atom. The van der Waals surface area contributed by atoms with Crippen molar-refractivity contribution in [2.75, 3.05) is 0 Å². The highest BCUT2D eigenvalue weighted by Gasteiger charge is 2.44. The van der Waals surface area contributed by atoms with Gasteiger partial charge in [-0.1, -0.05) is 34.8 Å². The zero-order valence-electron chi connectivity index (χ0n) is 17.8. The molecule has 0 saturated carbocycles. The quantitative estimate of drug-likeness (QED) is 0.124. The normalized spacial score (nSPS) is 10.9. The van der Waals surface area contributed by atoms with Crippen LogP contribution >= 0.6 is 34.8 Å². The molecule has 0 aliphatic heterocycles. The highest BCUT2D eigenvalue weighted by Crippen LogP contribution is 2.32. The van der Waals surface area contributed by atoms with Crippen LogP contribution in [0.4, 0.5) is 5.69 Å². The van der Waals surface area contributed by atoms with Crippen LogP contribution in [-0.4, -0.2) is 11.1 Å². The van der Waals surface area contributed by atoms with Crippen molar-refractivity contribution in [2.24, 2.45) is 0 Å². The number of nitrogens with zero attached hydrogens (tertiary/aromatic N) is 1. The van der Waals surface area contributed by atoms with Gasteiger partial charge in [-0.2, -0.15) is 0 Å². The summed E-state index contributed by atoms with van der Waals surface area (Å²) < 4.78 is 24.3. The number of hydrogen-bond acceptors (Lipinski definition) is 6. The average molecular weight is 533 g/mol. The Labute approximate surface area is 215 Å². The minimum Gasteiger partial charge on any atom is -0.386 e. The molecule has 0 aliphatic rings. The van der Waals surface area contributed by atoms with Crippen molar-refractivity contribution in [3.8, 4) is 23.0 Å². The predicted molar refractivity (Wildman–Crippen MR) is 133 cm³/mol. The smallest absolute Gasteiger partial charge is 0.386 e. The van der Waals surface area contributed by atoms with Crippen LogP contribution in [0.2, 0.25) is 15.1 Å². The van der Waals surface area contributed by atoms with Crippen LogP contribution in [0.1, 0.15) is 0 Å². The second-order valence-electron chi connectivity index (χ2n) is 7.02. The SMILES string of the molecule is O=[N+]([O-])c1ccc(OC(Oc2ccc(Cl)cc2)(Oc2ccc(Cl)cc2)Oc2ccc(Cl)cc2)cc1. The fourth-order valence-electron chi connectivity index (χ4n) is 2.85. The summed E-state index contributed by atoms with van der Waals surface area (Å²) in [5.74, 6) is 1.09. The highest BCUT2D eigenvalue weighted by molar-refractivity contribution is 6.31. The molecule has 0 aromatic heterocycles. The Morgan fingerprint density at radius 3 is 1.03 bits per heavy atom. The molecule has 0 fully saturated rings. The van der Waals surface area contributed by atoms with E-state index in [0.717, 1.165) is 0 Å². The van der Waals surface area contributed by atoms with Gasteiger partial charge in [-0.25, -0.2) is 0 Å². The van der Waals surface area contributed by atoms with Crippen molar-refractivity contribution in [3.63, 3.8) is 0 Å². The lowest BCUT2D eigenvalue weighted by molar-refractivity contribution is -0.385. The molecular weight excluding hydrogens is 517 g/mol. The van der Waals surface area contributed by atoms with Crippen LogP contribution in [-0.2, 0) is 0 Å². The summed E-state index contributed by atoms with van der Waals surface area (Å²) in [7, 11) is 0. The number of nitro benzene ring substituents is 1. The standard InChI is InChI=1S/C25H16Cl3NO6/c26-17-1-9-21(10-2-17)32-25(33-22-11-3-18(27)4-12-22,34-23-13-5-19(28)6-14-23)35-24-15-7-20(8-16-24)29(30)31/h1-16H. The zero-order valence-corrected chi connectivity index (χ0v) is 20.0. The summed E-state index contributed by atoms with van der Waals surface area (Å²) in [6.07, 6.45) is -2.22. The number of non-ortho nitro benzene ring substituents is 1. The van der Waals surface area contributed by atoms with Crippen molar-refractivity contribution >= 4 is 40.5 Å². The topological polar surface area (TPSA) is 80.1 Å². The lowest BCUT2D eigenvalue weighted by Gasteiger charge is -2.32. The molecule has 35 heavy (non-hydrogen) atoms. The van der Waals surface area contributed by atoms with Crippen LogP contribution in [0, 0.1) is 10.1 Å². The third-order valence-electron chi connectivity index (χ3n) is 4.46. The van der Waals surface area contributed by atoms with E-state index < -0.39 is 11.1 Å². The molecule has 7 nitrogen and oxygen atoms in total. The van der Waals surface area contributed by atoms with Gasteiger partial charge in [0.2, 0.25) is 0 Å². The van der Waals surface area contributed by atoms with E-state index in [9.17, 15) is 10.1 Å². The first-order chi connectivity index (χ1) is 16.8. The van der Waals surface area contributed by atoms with E-state index in [1.807, 2.05) is 0 Å². The summed E-state index contributed by atoms with van der Waals surface area (Å²) >= 11 is 18.0. The fraction of sp³-hybridized carbons (Fsp3) is 0.0400. The van der Waals surface area contributed by atoms with Gasteiger partial charge in [-0.15, -0.1) is 0 Å². The molecule has 178 valence electrons. The number of ether oxygens (including phenoxy) is 4. The Hall–Kier alpha value is -3.65. The monoisotopic (exact) mass is 531 g/mol. The third kappa shape index (κ3) is 6.70. The molecule has 0 amide bonds. The molecule has 0 spiro atoms. The first-order valence-corrected chi connectivity index (χ1v) is 11.2. The largest absolute Gasteiger partial charge is 0.611 e. The van der Waals surface area contributed by atoms with Crippen LogP contribution in [0.25, 0.3) is 0 Å². The van der Waals surface area contributed by atoms with E-state index in [4.69, 9.17) is 53.8 Å². The molecule has 0 bridgehead atoms. The van der Waals surface area contributed by atoms with E-state index in [-0.39, 0.29) is 11.4 Å². The van der Waals surface area contributed by atoms with Crippen LogP contribution < -0.4 is 18.9 Å². The van der Waals surface area contributed by atoms with Gasteiger partial charge in [0, 0.05) is 27.2 Å². The molecule has 0 aliphatic carbocycles. The van der Waals surface area contributed by atoms with Crippen molar-refractivity contribution < 1.29 is 23.9 Å². The van der Waals surface area contributed by atoms with Crippen molar-refractivity contribution in [1.29, 1.82) is 0 Å². The van der Waals surface area contributed by atoms with Gasteiger partial charge in [-0.05, 0) is 84.9 Å². The summed E-state index contributed by atoms with van der Waals surface area (Å²) in [5, 5.41) is 12.6. The van der Waals surface area contributed by atoms with Crippen LogP contribution in [0.3, 0.4) is 0 Å². The van der Waals surface area contributed by atoms with Crippen LogP contribution in [0.5, 0.6) is 23.0 Å². The Balaban J connectivity index is 1.77.